The van der Waals surface area contributed by atoms with Crippen molar-refractivity contribution in [1.29, 1.82) is 0 Å². The molecule has 30 heavy (non-hydrogen) atoms. The number of carbonyl (C=O) groups is 1. The molecule has 1 aliphatic rings. The molecule has 7 nitrogen and oxygen atoms in total. The van der Waals surface area contributed by atoms with Crippen molar-refractivity contribution in [1.82, 2.24) is 14.6 Å². The topological polar surface area (TPSA) is 82.6 Å². The maximum Gasteiger partial charge on any atom is 0.253 e. The van der Waals surface area contributed by atoms with Gasteiger partial charge in [-0.2, -0.15) is 4.31 Å². The van der Waals surface area contributed by atoms with Crippen LogP contribution in [0.1, 0.15) is 42.6 Å². The molecule has 0 aliphatic carbocycles. The van der Waals surface area contributed by atoms with Gasteiger partial charge in [0.15, 0.2) is 0 Å². The van der Waals surface area contributed by atoms with Crippen LogP contribution < -0.4 is 10.2 Å². The predicted octanol–water partition coefficient (Wildman–Crippen LogP) is 3.30. The predicted molar refractivity (Wildman–Crippen MR) is 118 cm³/mol. The summed E-state index contributed by atoms with van der Waals surface area (Å²) in [7, 11) is -3.67. The van der Waals surface area contributed by atoms with Crippen molar-refractivity contribution in [2.24, 2.45) is 0 Å². The Morgan fingerprint density at radius 3 is 2.47 bits per heavy atom. The lowest BCUT2D eigenvalue weighted by Crippen LogP contribution is -2.31. The van der Waals surface area contributed by atoms with E-state index in [4.69, 9.17) is 11.6 Å². The lowest BCUT2D eigenvalue weighted by Gasteiger charge is -2.19. The van der Waals surface area contributed by atoms with Crippen molar-refractivity contribution in [2.45, 2.75) is 38.1 Å². The molecule has 162 valence electrons. The monoisotopic (exact) mass is 450 g/mol. The van der Waals surface area contributed by atoms with Gasteiger partial charge in [0.25, 0.3) is 5.91 Å². The van der Waals surface area contributed by atoms with Gasteiger partial charge in [0.1, 0.15) is 5.82 Å². The van der Waals surface area contributed by atoms with Crippen LogP contribution in [0.4, 0.5) is 5.82 Å². The first-order valence-electron chi connectivity index (χ1n) is 10.1. The number of nitrogens with zero attached hydrogens (tertiary/aromatic N) is 3. The molecule has 0 spiro atoms. The van der Waals surface area contributed by atoms with Crippen LogP contribution in [0.2, 0.25) is 5.02 Å². The third-order valence-corrected chi connectivity index (χ3v) is 7.59. The van der Waals surface area contributed by atoms with Gasteiger partial charge in [-0.15, -0.1) is 0 Å². The molecule has 0 atom stereocenters. The number of rotatable bonds is 8. The number of hydrogen-bond donors (Lipinski definition) is 1. The fourth-order valence-corrected chi connectivity index (χ4v) is 5.17. The Kier molecular flexibility index (Phi) is 7.33. The first-order valence-corrected chi connectivity index (χ1v) is 12.0. The van der Waals surface area contributed by atoms with E-state index < -0.39 is 15.9 Å². The molecule has 1 aliphatic heterocycles. The minimum atomic E-state index is -3.67. The maximum atomic E-state index is 12.7. The van der Waals surface area contributed by atoms with E-state index >= 15 is 0 Å². The number of amides is 1. The van der Waals surface area contributed by atoms with Crippen molar-refractivity contribution in [3.63, 3.8) is 0 Å². The first kappa shape index (κ1) is 22.5. The summed E-state index contributed by atoms with van der Waals surface area (Å²) in [5.41, 5.74) is 0.987. The average Bonchev–Trinajstić information content (AvgIpc) is 3.28. The van der Waals surface area contributed by atoms with Gasteiger partial charge in [0.2, 0.25) is 10.0 Å². The molecular formula is C21H27ClN4O3S. The van der Waals surface area contributed by atoms with Crippen molar-refractivity contribution in [3.05, 3.63) is 52.7 Å². The standard InChI is InChI=1S/C21H27ClN4O3S/c1-3-26(4-2)30(28,29)17-8-9-19(22)18(13-17)21(27)24-15-16-7-10-20(23-14-16)25-11-5-6-12-25/h7-10,13-14H,3-6,11-12,15H2,1-2H3,(H,24,27). The van der Waals surface area contributed by atoms with Crippen LogP contribution in [0.25, 0.3) is 0 Å². The van der Waals surface area contributed by atoms with Crippen molar-refractivity contribution in [2.75, 3.05) is 31.1 Å². The van der Waals surface area contributed by atoms with Crippen molar-refractivity contribution < 1.29 is 13.2 Å². The number of aromatic nitrogens is 1. The number of carbonyl (C=O) groups excluding carboxylic acids is 1. The fraction of sp³-hybridized carbons (Fsp3) is 0.429. The summed E-state index contributed by atoms with van der Waals surface area (Å²) in [6.07, 6.45) is 4.11. The molecule has 0 radical (unpaired) electrons. The third-order valence-electron chi connectivity index (χ3n) is 5.22. The molecule has 1 fully saturated rings. The molecular weight excluding hydrogens is 424 g/mol. The third kappa shape index (κ3) is 4.94. The van der Waals surface area contributed by atoms with Gasteiger partial charge in [0.05, 0.1) is 15.5 Å². The molecule has 1 amide bonds. The fourth-order valence-electron chi connectivity index (χ4n) is 3.48. The van der Waals surface area contributed by atoms with Gasteiger partial charge in [0, 0.05) is 38.9 Å². The summed E-state index contributed by atoms with van der Waals surface area (Å²) in [5, 5.41) is 3.00. The molecule has 1 saturated heterocycles. The molecule has 1 aromatic carbocycles. The smallest absolute Gasteiger partial charge is 0.253 e. The SMILES string of the molecule is CCN(CC)S(=O)(=O)c1ccc(Cl)c(C(=O)NCc2ccc(N3CCCC3)nc2)c1. The van der Waals surface area contributed by atoms with E-state index in [1.54, 1.807) is 20.0 Å². The average molecular weight is 451 g/mol. The van der Waals surface area contributed by atoms with E-state index in [9.17, 15) is 13.2 Å². The number of halogens is 1. The van der Waals surface area contributed by atoms with E-state index in [1.807, 2.05) is 12.1 Å². The van der Waals surface area contributed by atoms with Crippen LogP contribution >= 0.6 is 11.6 Å². The second kappa shape index (κ2) is 9.76. The zero-order chi connectivity index (χ0) is 21.7. The van der Waals surface area contributed by atoms with Gasteiger partial charge in [-0.3, -0.25) is 4.79 Å². The molecule has 1 aromatic heterocycles. The highest BCUT2D eigenvalue weighted by atomic mass is 35.5. The molecule has 3 rings (SSSR count). The van der Waals surface area contributed by atoms with Gasteiger partial charge >= 0.3 is 0 Å². The molecule has 0 unspecified atom stereocenters. The first-order chi connectivity index (χ1) is 14.4. The summed E-state index contributed by atoms with van der Waals surface area (Å²) in [4.78, 5) is 19.4. The highest BCUT2D eigenvalue weighted by Crippen LogP contribution is 2.23. The summed E-state index contributed by atoms with van der Waals surface area (Å²) < 4.78 is 26.8. The Morgan fingerprint density at radius 2 is 1.87 bits per heavy atom. The highest BCUT2D eigenvalue weighted by molar-refractivity contribution is 7.89. The molecule has 2 aromatic rings. The van der Waals surface area contributed by atoms with Gasteiger partial charge in [-0.1, -0.05) is 31.5 Å². The van der Waals surface area contributed by atoms with E-state index in [1.165, 1.54) is 35.3 Å². The van der Waals surface area contributed by atoms with E-state index in [-0.39, 0.29) is 22.0 Å². The lowest BCUT2D eigenvalue weighted by atomic mass is 10.2. The number of anilines is 1. The molecule has 9 heteroatoms. The van der Waals surface area contributed by atoms with E-state index in [2.05, 4.69) is 15.2 Å². The maximum absolute atomic E-state index is 12.7. The summed E-state index contributed by atoms with van der Waals surface area (Å²) in [6.45, 7) is 6.56. The zero-order valence-corrected chi connectivity index (χ0v) is 18.8. The van der Waals surface area contributed by atoms with Gasteiger partial charge in [-0.05, 0) is 42.7 Å². The van der Waals surface area contributed by atoms with Crippen molar-refractivity contribution >= 4 is 33.3 Å². The van der Waals surface area contributed by atoms with E-state index in [0.29, 0.717) is 13.1 Å². The number of benzene rings is 1. The molecule has 0 saturated carbocycles. The Morgan fingerprint density at radius 1 is 1.17 bits per heavy atom. The zero-order valence-electron chi connectivity index (χ0n) is 17.3. The highest BCUT2D eigenvalue weighted by Gasteiger charge is 2.24. The van der Waals surface area contributed by atoms with Crippen LogP contribution in [0.15, 0.2) is 41.4 Å². The molecule has 2 heterocycles. The second-order valence-electron chi connectivity index (χ2n) is 7.13. The number of nitrogens with one attached hydrogen (secondary N) is 1. The van der Waals surface area contributed by atoms with Crippen LogP contribution in [-0.2, 0) is 16.6 Å². The Labute approximate surface area is 183 Å². The number of sulfonamides is 1. The van der Waals surface area contributed by atoms with Crippen LogP contribution in [0, 0.1) is 0 Å². The quantitative estimate of drug-likeness (QED) is 0.667. The normalized spacial score (nSPS) is 14.3. The molecule has 1 N–H and O–H groups in total. The largest absolute Gasteiger partial charge is 0.357 e. The number of pyridine rings is 1. The minimum absolute atomic E-state index is 0.0531. The summed E-state index contributed by atoms with van der Waals surface area (Å²) >= 11 is 6.18. The van der Waals surface area contributed by atoms with Crippen LogP contribution in [0.5, 0.6) is 0 Å². The van der Waals surface area contributed by atoms with Crippen LogP contribution in [-0.4, -0.2) is 49.8 Å². The van der Waals surface area contributed by atoms with Gasteiger partial charge < -0.3 is 10.2 Å². The summed E-state index contributed by atoms with van der Waals surface area (Å²) in [5.74, 6) is 0.514. The Bertz CT molecular complexity index is 986. The van der Waals surface area contributed by atoms with Gasteiger partial charge in [-0.25, -0.2) is 13.4 Å². The summed E-state index contributed by atoms with van der Waals surface area (Å²) in [6, 6.07) is 8.09. The molecule has 0 bridgehead atoms. The Hall–Kier alpha value is -2.16. The second-order valence-corrected chi connectivity index (χ2v) is 9.48. The lowest BCUT2D eigenvalue weighted by molar-refractivity contribution is 0.0951. The minimum Gasteiger partial charge on any atom is -0.357 e. The Balaban J connectivity index is 1.70. The van der Waals surface area contributed by atoms with Crippen molar-refractivity contribution in [3.8, 4) is 0 Å². The van der Waals surface area contributed by atoms with E-state index in [0.717, 1.165) is 24.5 Å². The number of hydrogen-bond acceptors (Lipinski definition) is 5. The van der Waals surface area contributed by atoms with Crippen LogP contribution in [0.3, 0.4) is 0 Å².